The third-order valence-corrected chi connectivity index (χ3v) is 5.77. The lowest BCUT2D eigenvalue weighted by Crippen LogP contribution is -2.14. The van der Waals surface area contributed by atoms with Gasteiger partial charge >= 0.3 is 10.1 Å². The van der Waals surface area contributed by atoms with Gasteiger partial charge in [0.2, 0.25) is 5.82 Å². The highest BCUT2D eigenvalue weighted by Gasteiger charge is 2.35. The molecule has 0 aromatic heterocycles. The predicted molar refractivity (Wildman–Crippen MR) is 97.6 cm³/mol. The number of benzene rings is 2. The van der Waals surface area contributed by atoms with Crippen molar-refractivity contribution in [2.45, 2.75) is 4.90 Å². The summed E-state index contributed by atoms with van der Waals surface area (Å²) in [7, 11) is -5.48. The fraction of sp³-hybridized carbons (Fsp3) is 0. The van der Waals surface area contributed by atoms with Gasteiger partial charge in [0.25, 0.3) is 0 Å². The Hall–Kier alpha value is -3.17. The van der Waals surface area contributed by atoms with Crippen molar-refractivity contribution in [2.75, 3.05) is 0 Å². The van der Waals surface area contributed by atoms with Crippen molar-refractivity contribution in [1.29, 1.82) is 5.26 Å². The Bertz CT molecular complexity index is 1240. The number of nitrogens with zero attached hydrogens (tertiary/aromatic N) is 2. The van der Waals surface area contributed by atoms with Gasteiger partial charge in [0.1, 0.15) is 11.1 Å². The van der Waals surface area contributed by atoms with Gasteiger partial charge in [-0.3, -0.25) is 4.28 Å². The summed E-state index contributed by atoms with van der Waals surface area (Å²) in [6.45, 7) is 0. The molecule has 2 aromatic carbocycles. The van der Waals surface area contributed by atoms with Crippen LogP contribution in [0.5, 0.6) is 0 Å². The molecule has 1 aliphatic rings. The molecule has 12 heteroatoms. The molecular weight excluding hydrogens is 451 g/mol. The maximum absolute atomic E-state index is 13.7. The Morgan fingerprint density at radius 2 is 1.50 bits per heavy atom. The zero-order valence-corrected chi connectivity index (χ0v) is 16.0. The van der Waals surface area contributed by atoms with Crippen LogP contribution in [0.15, 0.2) is 57.4 Å². The summed E-state index contributed by atoms with van der Waals surface area (Å²) in [4.78, 5) is -1.78. The Balaban J connectivity index is 1.90. The van der Waals surface area contributed by atoms with Crippen LogP contribution in [-0.4, -0.2) is 13.5 Å². The van der Waals surface area contributed by atoms with E-state index >= 15 is 0 Å². The van der Waals surface area contributed by atoms with E-state index in [1.165, 1.54) is 12.2 Å². The number of halogens is 5. The Morgan fingerprint density at radius 3 is 2.07 bits per heavy atom. The van der Waals surface area contributed by atoms with Crippen LogP contribution in [0.1, 0.15) is 5.56 Å². The lowest BCUT2D eigenvalue weighted by atomic mass is 10.1. The normalized spacial score (nSPS) is 16.6. The van der Waals surface area contributed by atoms with Crippen molar-refractivity contribution < 1.29 is 34.7 Å². The van der Waals surface area contributed by atoms with Crippen molar-refractivity contribution in [3.8, 4) is 6.07 Å². The van der Waals surface area contributed by atoms with Crippen LogP contribution in [0.4, 0.5) is 22.0 Å². The third-order valence-electron chi connectivity index (χ3n) is 3.66. The van der Waals surface area contributed by atoms with Gasteiger partial charge in [-0.05, 0) is 17.7 Å². The SMILES string of the molecule is N#CC(=C1C=CC(=NOS(=O)(=O)c2c(F)c(F)c(F)c(F)c2F)S1)c1ccccc1. The summed E-state index contributed by atoms with van der Waals surface area (Å²) in [6, 6.07) is 10.5. The molecule has 1 heterocycles. The zero-order valence-electron chi connectivity index (χ0n) is 14.4. The molecule has 3 rings (SSSR count). The molecular formula is C18H7F5N2O3S2. The molecule has 30 heavy (non-hydrogen) atoms. The summed E-state index contributed by atoms with van der Waals surface area (Å²) in [6.07, 6.45) is 2.66. The van der Waals surface area contributed by atoms with E-state index in [1.807, 2.05) is 6.07 Å². The van der Waals surface area contributed by atoms with E-state index < -0.39 is 44.1 Å². The van der Waals surface area contributed by atoms with E-state index in [9.17, 15) is 35.6 Å². The summed E-state index contributed by atoms with van der Waals surface area (Å²) in [5.74, 6) is -12.5. The van der Waals surface area contributed by atoms with Gasteiger partial charge in [-0.2, -0.15) is 13.7 Å². The quantitative estimate of drug-likeness (QED) is 0.219. The molecule has 0 unspecified atom stereocenters. The van der Waals surface area contributed by atoms with E-state index in [4.69, 9.17) is 0 Å². The summed E-state index contributed by atoms with van der Waals surface area (Å²) in [5.41, 5.74) is 0.813. The maximum atomic E-state index is 13.7. The smallest absolute Gasteiger partial charge is 0.263 e. The van der Waals surface area contributed by atoms with Crippen molar-refractivity contribution in [3.05, 3.63) is 82.0 Å². The number of hydrogen-bond acceptors (Lipinski definition) is 6. The first kappa shape index (κ1) is 21.5. The van der Waals surface area contributed by atoms with Gasteiger partial charge in [-0.1, -0.05) is 47.2 Å². The number of allylic oxidation sites excluding steroid dienone is 2. The molecule has 0 fully saturated rings. The Kier molecular flexibility index (Phi) is 5.95. The van der Waals surface area contributed by atoms with Crippen LogP contribution >= 0.6 is 11.8 Å². The average molecular weight is 458 g/mol. The molecule has 1 aliphatic heterocycles. The molecule has 0 aliphatic carbocycles. The van der Waals surface area contributed by atoms with Gasteiger partial charge < -0.3 is 0 Å². The summed E-state index contributed by atoms with van der Waals surface area (Å²) < 4.78 is 95.1. The molecule has 0 bridgehead atoms. The summed E-state index contributed by atoms with van der Waals surface area (Å²) >= 11 is 0.802. The van der Waals surface area contributed by atoms with Crippen molar-refractivity contribution in [1.82, 2.24) is 0 Å². The van der Waals surface area contributed by atoms with Crippen LogP contribution in [0.2, 0.25) is 0 Å². The standard InChI is InChI=1S/C18H7F5N2O3S2/c19-13-14(20)16(22)18(17(23)15(13)21)30(26,27)28-25-12-7-6-11(29-12)10(8-24)9-4-2-1-3-5-9/h1-7H. The molecule has 0 N–H and O–H groups in total. The molecule has 5 nitrogen and oxygen atoms in total. The number of nitriles is 1. The lowest BCUT2D eigenvalue weighted by molar-refractivity contribution is 0.319. The predicted octanol–water partition coefficient (Wildman–Crippen LogP) is 4.64. The molecule has 154 valence electrons. The largest absolute Gasteiger partial charge is 0.364 e. The Labute approximate surface area is 170 Å². The second kappa shape index (κ2) is 8.29. The molecule has 0 atom stereocenters. The summed E-state index contributed by atoms with van der Waals surface area (Å²) in [5, 5.41) is 12.4. The topological polar surface area (TPSA) is 79.5 Å². The minimum atomic E-state index is -5.48. The fourth-order valence-electron chi connectivity index (χ4n) is 2.31. The average Bonchev–Trinajstić information content (AvgIpc) is 3.19. The van der Waals surface area contributed by atoms with E-state index in [0.29, 0.717) is 10.5 Å². The van der Waals surface area contributed by atoms with Crippen molar-refractivity contribution >= 4 is 32.5 Å². The second-order valence-corrected chi connectivity index (χ2v) is 8.04. The van der Waals surface area contributed by atoms with E-state index in [2.05, 4.69) is 9.44 Å². The second-order valence-electron chi connectivity index (χ2n) is 5.51. The first-order valence-corrected chi connectivity index (χ1v) is 9.98. The maximum Gasteiger partial charge on any atom is 0.364 e. The zero-order chi connectivity index (χ0) is 22.1. The third kappa shape index (κ3) is 3.94. The molecule has 0 saturated carbocycles. The molecule has 0 amide bonds. The first-order chi connectivity index (χ1) is 14.2. The molecule has 0 saturated heterocycles. The van der Waals surface area contributed by atoms with Gasteiger partial charge in [-0.25, -0.2) is 22.0 Å². The van der Waals surface area contributed by atoms with Crippen molar-refractivity contribution in [3.63, 3.8) is 0 Å². The van der Waals surface area contributed by atoms with Gasteiger partial charge in [0, 0.05) is 4.91 Å². The first-order valence-electron chi connectivity index (χ1n) is 7.76. The number of thioether (sulfide) groups is 1. The number of hydrogen-bond donors (Lipinski definition) is 0. The van der Waals surface area contributed by atoms with E-state index in [0.717, 1.165) is 11.8 Å². The molecule has 0 radical (unpaired) electrons. The van der Waals surface area contributed by atoms with Crippen LogP contribution < -0.4 is 0 Å². The fourth-order valence-corrected chi connectivity index (χ4v) is 4.06. The van der Waals surface area contributed by atoms with E-state index in [-0.39, 0.29) is 10.6 Å². The molecule has 0 spiro atoms. The number of rotatable bonds is 4. The van der Waals surface area contributed by atoms with Gasteiger partial charge in [0.15, 0.2) is 28.2 Å². The van der Waals surface area contributed by atoms with Gasteiger partial charge in [-0.15, -0.1) is 0 Å². The van der Waals surface area contributed by atoms with Crippen molar-refractivity contribution in [2.24, 2.45) is 5.16 Å². The van der Waals surface area contributed by atoms with Crippen LogP contribution in [-0.2, 0) is 14.4 Å². The van der Waals surface area contributed by atoms with Crippen LogP contribution in [0.25, 0.3) is 5.57 Å². The molecule has 2 aromatic rings. The lowest BCUT2D eigenvalue weighted by Gasteiger charge is -2.07. The van der Waals surface area contributed by atoms with Crippen LogP contribution in [0.3, 0.4) is 0 Å². The number of oxime groups is 1. The highest BCUT2D eigenvalue weighted by atomic mass is 32.2. The van der Waals surface area contributed by atoms with Crippen LogP contribution in [0, 0.1) is 40.4 Å². The highest BCUT2D eigenvalue weighted by Crippen LogP contribution is 2.34. The van der Waals surface area contributed by atoms with Gasteiger partial charge in [0.05, 0.1) is 5.57 Å². The Morgan fingerprint density at radius 1 is 0.933 bits per heavy atom. The van der Waals surface area contributed by atoms with E-state index in [1.54, 1.807) is 30.3 Å². The minimum absolute atomic E-state index is 0.138. The monoisotopic (exact) mass is 458 g/mol. The minimum Gasteiger partial charge on any atom is -0.263 e. The highest BCUT2D eigenvalue weighted by molar-refractivity contribution is 8.18.